The summed E-state index contributed by atoms with van der Waals surface area (Å²) in [6, 6.07) is 6.00. The fourth-order valence-electron chi connectivity index (χ4n) is 3.13. The highest BCUT2D eigenvalue weighted by Crippen LogP contribution is 2.22. The van der Waals surface area contributed by atoms with Gasteiger partial charge in [-0.25, -0.2) is 0 Å². The van der Waals surface area contributed by atoms with Crippen molar-refractivity contribution in [1.82, 2.24) is 15.2 Å². The first-order chi connectivity index (χ1) is 10.2. The van der Waals surface area contributed by atoms with E-state index in [4.69, 9.17) is 11.6 Å². The largest absolute Gasteiger partial charge is 0.360 e. The predicted octanol–water partition coefficient (Wildman–Crippen LogP) is 3.04. The molecule has 4 nitrogen and oxygen atoms in total. The van der Waals surface area contributed by atoms with Gasteiger partial charge < -0.3 is 10.3 Å². The zero-order valence-corrected chi connectivity index (χ0v) is 12.9. The number of aromatic amines is 1. The number of likely N-dealkylation sites (tertiary alicyclic amines) is 1. The van der Waals surface area contributed by atoms with E-state index < -0.39 is 0 Å². The minimum absolute atomic E-state index is 0.0217. The normalized spacial score (nSPS) is 19.2. The van der Waals surface area contributed by atoms with Crippen molar-refractivity contribution in [1.29, 1.82) is 0 Å². The van der Waals surface area contributed by atoms with Gasteiger partial charge in [-0.1, -0.05) is 24.6 Å². The number of H-pyrrole nitrogens is 1. The molecule has 0 bridgehead atoms. The molecule has 0 saturated carbocycles. The summed E-state index contributed by atoms with van der Waals surface area (Å²) in [7, 11) is 0. The van der Waals surface area contributed by atoms with E-state index in [2.05, 4.69) is 22.1 Å². The summed E-state index contributed by atoms with van der Waals surface area (Å²) in [6.07, 6.45) is 4.14. The van der Waals surface area contributed by atoms with Crippen molar-refractivity contribution >= 4 is 28.4 Å². The lowest BCUT2D eigenvalue weighted by Gasteiger charge is -2.22. The molecular formula is C16H20ClN3O. The monoisotopic (exact) mass is 305 g/mol. The average Bonchev–Trinajstić information content (AvgIpc) is 3.10. The fraction of sp³-hybridized carbons (Fsp3) is 0.438. The Bertz CT molecular complexity index is 652. The number of likely N-dealkylation sites (N-methyl/N-ethyl adjacent to an activating group) is 1. The second kappa shape index (κ2) is 6.08. The Morgan fingerprint density at radius 1 is 1.52 bits per heavy atom. The molecule has 1 saturated heterocycles. The first-order valence-corrected chi connectivity index (χ1v) is 7.85. The quantitative estimate of drug-likeness (QED) is 0.912. The van der Waals surface area contributed by atoms with Gasteiger partial charge >= 0.3 is 0 Å². The first-order valence-electron chi connectivity index (χ1n) is 7.48. The van der Waals surface area contributed by atoms with Gasteiger partial charge in [-0.2, -0.15) is 0 Å². The van der Waals surface area contributed by atoms with Crippen LogP contribution in [0.15, 0.2) is 24.4 Å². The van der Waals surface area contributed by atoms with Crippen LogP contribution < -0.4 is 5.32 Å². The van der Waals surface area contributed by atoms with Crippen molar-refractivity contribution in [2.75, 3.05) is 19.6 Å². The molecular weight excluding hydrogens is 286 g/mol. The van der Waals surface area contributed by atoms with Crippen molar-refractivity contribution in [3.63, 3.8) is 0 Å². The number of hydrogen-bond acceptors (Lipinski definition) is 2. The molecule has 1 atom stereocenters. The molecule has 0 spiro atoms. The van der Waals surface area contributed by atoms with Gasteiger partial charge in [0, 0.05) is 34.7 Å². The molecule has 2 heterocycles. The molecule has 0 radical (unpaired) electrons. The summed E-state index contributed by atoms with van der Waals surface area (Å²) in [4.78, 5) is 17.9. The first kappa shape index (κ1) is 14.4. The molecule has 1 unspecified atom stereocenters. The number of nitrogens with zero attached hydrogens (tertiary/aromatic N) is 1. The number of amides is 1. The van der Waals surface area contributed by atoms with Crippen LogP contribution in [0.2, 0.25) is 5.02 Å². The van der Waals surface area contributed by atoms with E-state index in [9.17, 15) is 4.79 Å². The Hall–Kier alpha value is -1.52. The Labute approximate surface area is 129 Å². The summed E-state index contributed by atoms with van der Waals surface area (Å²) in [5.74, 6) is -0.0217. The van der Waals surface area contributed by atoms with Gasteiger partial charge in [-0.3, -0.25) is 9.69 Å². The van der Waals surface area contributed by atoms with Crippen LogP contribution in [-0.4, -0.2) is 41.5 Å². The highest BCUT2D eigenvalue weighted by Gasteiger charge is 2.23. The predicted molar refractivity (Wildman–Crippen MR) is 85.9 cm³/mol. The SMILES string of the molecule is CCN1CCCC1CNC(=O)c1c[nH]c2cc(Cl)ccc12. The molecule has 1 amide bonds. The molecule has 112 valence electrons. The standard InChI is InChI=1S/C16H20ClN3O/c1-2-20-7-3-4-12(20)9-19-16(21)14-10-18-15-8-11(17)5-6-13(14)15/h5-6,8,10,12,18H,2-4,7,9H2,1H3,(H,19,21). The second-order valence-corrected chi connectivity index (χ2v) is 5.96. The van der Waals surface area contributed by atoms with E-state index in [-0.39, 0.29) is 5.91 Å². The lowest BCUT2D eigenvalue weighted by molar-refractivity contribution is 0.0943. The molecule has 1 aromatic carbocycles. The maximum absolute atomic E-state index is 12.4. The van der Waals surface area contributed by atoms with Crippen LogP contribution in [0.3, 0.4) is 0 Å². The molecule has 3 rings (SSSR count). The van der Waals surface area contributed by atoms with Crippen molar-refractivity contribution in [3.05, 3.63) is 35.0 Å². The van der Waals surface area contributed by atoms with E-state index in [1.807, 2.05) is 18.2 Å². The van der Waals surface area contributed by atoms with Crippen molar-refractivity contribution in [3.8, 4) is 0 Å². The molecule has 5 heteroatoms. The minimum Gasteiger partial charge on any atom is -0.360 e. The molecule has 1 aliphatic heterocycles. The summed E-state index contributed by atoms with van der Waals surface area (Å²) in [5, 5.41) is 4.64. The van der Waals surface area contributed by atoms with E-state index in [1.54, 1.807) is 6.20 Å². The Balaban J connectivity index is 1.69. The van der Waals surface area contributed by atoms with Gasteiger partial charge in [0.1, 0.15) is 0 Å². The van der Waals surface area contributed by atoms with Crippen LogP contribution in [0, 0.1) is 0 Å². The average molecular weight is 306 g/mol. The second-order valence-electron chi connectivity index (χ2n) is 5.53. The van der Waals surface area contributed by atoms with E-state index in [0.29, 0.717) is 23.2 Å². The smallest absolute Gasteiger partial charge is 0.253 e. The van der Waals surface area contributed by atoms with Gasteiger partial charge in [0.05, 0.1) is 5.56 Å². The number of benzene rings is 1. The highest BCUT2D eigenvalue weighted by molar-refractivity contribution is 6.31. The third kappa shape index (κ3) is 2.92. The highest BCUT2D eigenvalue weighted by atomic mass is 35.5. The number of aromatic nitrogens is 1. The Morgan fingerprint density at radius 2 is 2.38 bits per heavy atom. The summed E-state index contributed by atoms with van der Waals surface area (Å²) in [5.41, 5.74) is 1.58. The molecule has 1 aliphatic rings. The van der Waals surface area contributed by atoms with Crippen molar-refractivity contribution in [2.45, 2.75) is 25.8 Å². The maximum atomic E-state index is 12.4. The summed E-state index contributed by atoms with van der Waals surface area (Å²) in [6.45, 7) is 5.07. The maximum Gasteiger partial charge on any atom is 0.253 e. The zero-order chi connectivity index (χ0) is 14.8. The molecule has 1 aromatic heterocycles. The third-order valence-corrected chi connectivity index (χ3v) is 4.53. The van der Waals surface area contributed by atoms with Gasteiger partial charge in [-0.05, 0) is 38.1 Å². The number of nitrogens with one attached hydrogen (secondary N) is 2. The fourth-order valence-corrected chi connectivity index (χ4v) is 3.31. The zero-order valence-electron chi connectivity index (χ0n) is 12.2. The number of rotatable bonds is 4. The number of carbonyl (C=O) groups is 1. The van der Waals surface area contributed by atoms with Gasteiger partial charge in [0.25, 0.3) is 5.91 Å². The van der Waals surface area contributed by atoms with Gasteiger partial charge in [-0.15, -0.1) is 0 Å². The van der Waals surface area contributed by atoms with Crippen molar-refractivity contribution < 1.29 is 4.79 Å². The Morgan fingerprint density at radius 3 is 3.19 bits per heavy atom. The number of halogens is 1. The molecule has 1 fully saturated rings. The molecule has 2 aromatic rings. The third-order valence-electron chi connectivity index (χ3n) is 4.29. The van der Waals surface area contributed by atoms with Crippen molar-refractivity contribution in [2.24, 2.45) is 0 Å². The Kier molecular flexibility index (Phi) is 4.17. The molecule has 0 aliphatic carbocycles. The number of carbonyl (C=O) groups excluding carboxylic acids is 1. The van der Waals surface area contributed by atoms with Crippen LogP contribution in [0.25, 0.3) is 10.9 Å². The summed E-state index contributed by atoms with van der Waals surface area (Å²) < 4.78 is 0. The lowest BCUT2D eigenvalue weighted by Crippen LogP contribution is -2.39. The summed E-state index contributed by atoms with van der Waals surface area (Å²) >= 11 is 5.96. The van der Waals surface area contributed by atoms with Crippen LogP contribution in [0.4, 0.5) is 0 Å². The topological polar surface area (TPSA) is 48.1 Å². The van der Waals surface area contributed by atoms with Gasteiger partial charge in [0.2, 0.25) is 0 Å². The van der Waals surface area contributed by atoms with E-state index in [1.165, 1.54) is 6.42 Å². The number of hydrogen-bond donors (Lipinski definition) is 2. The van der Waals surface area contributed by atoms with Crippen LogP contribution in [0.1, 0.15) is 30.1 Å². The minimum atomic E-state index is -0.0217. The lowest BCUT2D eigenvalue weighted by atomic mass is 10.1. The number of fused-ring (bicyclic) bond motifs is 1. The van der Waals surface area contributed by atoms with Crippen LogP contribution in [-0.2, 0) is 0 Å². The van der Waals surface area contributed by atoms with E-state index in [0.717, 1.165) is 30.4 Å². The van der Waals surface area contributed by atoms with E-state index >= 15 is 0 Å². The molecule has 2 N–H and O–H groups in total. The van der Waals surface area contributed by atoms with Crippen LogP contribution in [0.5, 0.6) is 0 Å². The molecule has 21 heavy (non-hydrogen) atoms. The van der Waals surface area contributed by atoms with Crippen LogP contribution >= 0.6 is 11.6 Å². The van der Waals surface area contributed by atoms with Gasteiger partial charge in [0.15, 0.2) is 0 Å².